The zero-order valence-corrected chi connectivity index (χ0v) is 14.4. The Morgan fingerprint density at radius 1 is 1.43 bits per heavy atom. The van der Waals surface area contributed by atoms with Gasteiger partial charge < -0.3 is 4.90 Å². The Morgan fingerprint density at radius 2 is 2.17 bits per heavy atom. The molecule has 0 aromatic carbocycles. The van der Waals surface area contributed by atoms with Gasteiger partial charge in [0.1, 0.15) is 17.6 Å². The molecule has 2 aromatic rings. The van der Waals surface area contributed by atoms with Gasteiger partial charge in [0.05, 0.1) is 23.4 Å². The van der Waals surface area contributed by atoms with Crippen molar-refractivity contribution in [2.75, 3.05) is 18.6 Å². The molecule has 1 aliphatic heterocycles. The van der Waals surface area contributed by atoms with E-state index in [0.717, 1.165) is 23.3 Å². The minimum Gasteiger partial charge on any atom is -0.340 e. The fraction of sp³-hybridized carbons (Fsp3) is 0.643. The van der Waals surface area contributed by atoms with Crippen molar-refractivity contribution < 1.29 is 13.2 Å². The summed E-state index contributed by atoms with van der Waals surface area (Å²) in [6, 6.07) is -0.231. The Hall–Kier alpha value is -1.90. The van der Waals surface area contributed by atoms with Crippen LogP contribution in [0, 0.1) is 6.92 Å². The number of carbonyl (C=O) groups is 1. The van der Waals surface area contributed by atoms with Gasteiger partial charge in [0.2, 0.25) is 5.91 Å². The van der Waals surface area contributed by atoms with Crippen molar-refractivity contribution >= 4 is 26.8 Å². The van der Waals surface area contributed by atoms with Crippen molar-refractivity contribution in [3.05, 3.63) is 11.9 Å². The first-order valence-corrected chi connectivity index (χ1v) is 9.49. The maximum absolute atomic E-state index is 12.4. The van der Waals surface area contributed by atoms with Gasteiger partial charge >= 0.3 is 0 Å². The van der Waals surface area contributed by atoms with E-state index in [4.69, 9.17) is 0 Å². The summed E-state index contributed by atoms with van der Waals surface area (Å²) in [5.74, 6) is 0.0816. The first-order valence-electron chi connectivity index (χ1n) is 7.67. The summed E-state index contributed by atoms with van der Waals surface area (Å²) in [5, 5.41) is 8.81. The highest BCUT2D eigenvalue weighted by Crippen LogP contribution is 2.18. The smallest absolute Gasteiger partial charge is 0.244 e. The van der Waals surface area contributed by atoms with Crippen LogP contribution in [0.5, 0.6) is 0 Å². The molecule has 0 unspecified atom stereocenters. The van der Waals surface area contributed by atoms with Gasteiger partial charge in [-0.05, 0) is 20.3 Å². The molecule has 3 heterocycles. The number of fused-ring (bicyclic) bond motifs is 1. The molecular weight excluding hydrogens is 318 g/mol. The van der Waals surface area contributed by atoms with Gasteiger partial charge in [-0.15, -0.1) is 0 Å². The second-order valence-corrected chi connectivity index (χ2v) is 8.25. The van der Waals surface area contributed by atoms with E-state index in [0.29, 0.717) is 6.42 Å². The Kier molecular flexibility index (Phi) is 3.91. The van der Waals surface area contributed by atoms with Crippen LogP contribution in [0.1, 0.15) is 19.0 Å². The number of rotatable bonds is 4. The Morgan fingerprint density at radius 3 is 2.78 bits per heavy atom. The molecule has 1 fully saturated rings. The molecule has 0 radical (unpaired) electrons. The van der Waals surface area contributed by atoms with Crippen LogP contribution in [0.15, 0.2) is 6.20 Å². The Labute approximate surface area is 135 Å². The maximum Gasteiger partial charge on any atom is 0.244 e. The fourth-order valence-electron chi connectivity index (χ4n) is 3.00. The van der Waals surface area contributed by atoms with Gasteiger partial charge in [-0.1, -0.05) is 0 Å². The van der Waals surface area contributed by atoms with Gasteiger partial charge in [0, 0.05) is 19.6 Å². The topological polar surface area (TPSA) is 90.1 Å². The minimum absolute atomic E-state index is 0.0558. The number of carbonyl (C=O) groups excluding carboxylic acids is 1. The van der Waals surface area contributed by atoms with Crippen LogP contribution >= 0.6 is 0 Å². The molecule has 1 atom stereocenters. The molecule has 126 valence electrons. The normalized spacial score (nSPS) is 20.2. The van der Waals surface area contributed by atoms with E-state index in [1.54, 1.807) is 11.7 Å². The van der Waals surface area contributed by atoms with Crippen molar-refractivity contribution in [1.29, 1.82) is 0 Å². The number of hydrogen-bond donors (Lipinski definition) is 0. The molecule has 0 bridgehead atoms. The number of likely N-dealkylation sites (N-methyl/N-ethyl adjacent to an activating group) is 1. The standard InChI is InChI=1S/C14H21N5O3S/c1-4-19-12-7-18(16-14(12)10(2)15-19)8-13(20)17(3)11-5-6-23(21,22)9-11/h7,11H,4-6,8-9H2,1-3H3/t11-/m0/s1. The van der Waals surface area contributed by atoms with Crippen LogP contribution in [0.2, 0.25) is 0 Å². The van der Waals surface area contributed by atoms with E-state index >= 15 is 0 Å². The lowest BCUT2D eigenvalue weighted by molar-refractivity contribution is -0.132. The molecule has 0 saturated carbocycles. The number of nitrogens with zero attached hydrogens (tertiary/aromatic N) is 5. The summed E-state index contributed by atoms with van der Waals surface area (Å²) in [6.45, 7) is 4.74. The average molecular weight is 339 g/mol. The lowest BCUT2D eigenvalue weighted by Gasteiger charge is -2.23. The SMILES string of the molecule is CCn1nc(C)c2nn(CC(=O)N(C)[C@H]3CCS(=O)(=O)C3)cc21. The molecular formula is C14H21N5O3S. The summed E-state index contributed by atoms with van der Waals surface area (Å²) >= 11 is 0. The Balaban J connectivity index is 1.75. The van der Waals surface area contributed by atoms with Crippen molar-refractivity contribution in [2.24, 2.45) is 0 Å². The molecule has 9 heteroatoms. The number of aryl methyl sites for hydroxylation is 2. The third-order valence-corrected chi connectivity index (χ3v) is 6.13. The minimum atomic E-state index is -3.00. The molecule has 2 aromatic heterocycles. The third kappa shape index (κ3) is 2.97. The van der Waals surface area contributed by atoms with Crippen molar-refractivity contribution in [2.45, 2.75) is 39.4 Å². The number of hydrogen-bond acceptors (Lipinski definition) is 5. The zero-order chi connectivity index (χ0) is 16.8. The maximum atomic E-state index is 12.4. The second-order valence-electron chi connectivity index (χ2n) is 6.02. The average Bonchev–Trinajstić information content (AvgIpc) is 3.13. The van der Waals surface area contributed by atoms with Gasteiger partial charge in [-0.25, -0.2) is 8.42 Å². The van der Waals surface area contributed by atoms with Crippen LogP contribution in [-0.2, 0) is 27.7 Å². The van der Waals surface area contributed by atoms with E-state index in [1.807, 2.05) is 24.7 Å². The first-order chi connectivity index (χ1) is 10.8. The summed E-state index contributed by atoms with van der Waals surface area (Å²) in [7, 11) is -1.34. The van der Waals surface area contributed by atoms with Crippen LogP contribution in [-0.4, -0.2) is 63.4 Å². The molecule has 1 aliphatic rings. The molecule has 1 amide bonds. The molecule has 23 heavy (non-hydrogen) atoms. The predicted octanol–water partition coefficient (Wildman–Crippen LogP) is 0.207. The van der Waals surface area contributed by atoms with E-state index < -0.39 is 9.84 Å². The summed E-state index contributed by atoms with van der Waals surface area (Å²) in [4.78, 5) is 13.9. The van der Waals surface area contributed by atoms with E-state index in [1.165, 1.54) is 4.90 Å². The highest BCUT2D eigenvalue weighted by atomic mass is 32.2. The van der Waals surface area contributed by atoms with Crippen LogP contribution in [0.4, 0.5) is 0 Å². The Bertz CT molecular complexity index is 851. The number of sulfone groups is 1. The fourth-order valence-corrected chi connectivity index (χ4v) is 4.77. The van der Waals surface area contributed by atoms with Crippen LogP contribution < -0.4 is 0 Å². The first kappa shape index (κ1) is 16.0. The summed E-state index contributed by atoms with van der Waals surface area (Å²) in [5.41, 5.74) is 2.54. The highest BCUT2D eigenvalue weighted by Gasteiger charge is 2.32. The highest BCUT2D eigenvalue weighted by molar-refractivity contribution is 7.91. The number of amides is 1. The zero-order valence-electron chi connectivity index (χ0n) is 13.6. The monoisotopic (exact) mass is 339 g/mol. The van der Waals surface area contributed by atoms with Crippen molar-refractivity contribution in [1.82, 2.24) is 24.5 Å². The predicted molar refractivity (Wildman–Crippen MR) is 85.8 cm³/mol. The van der Waals surface area contributed by atoms with Crippen molar-refractivity contribution in [3.8, 4) is 0 Å². The second kappa shape index (κ2) is 5.63. The van der Waals surface area contributed by atoms with Crippen LogP contribution in [0.25, 0.3) is 11.0 Å². The van der Waals surface area contributed by atoms with Gasteiger partial charge in [0.15, 0.2) is 9.84 Å². The molecule has 0 N–H and O–H groups in total. The van der Waals surface area contributed by atoms with E-state index in [9.17, 15) is 13.2 Å². The molecule has 8 nitrogen and oxygen atoms in total. The van der Waals surface area contributed by atoms with E-state index in [-0.39, 0.29) is 30.0 Å². The molecule has 0 aliphatic carbocycles. The third-order valence-electron chi connectivity index (χ3n) is 4.38. The van der Waals surface area contributed by atoms with Crippen molar-refractivity contribution in [3.63, 3.8) is 0 Å². The lowest BCUT2D eigenvalue weighted by Crippen LogP contribution is -2.39. The van der Waals surface area contributed by atoms with Gasteiger partial charge in [-0.3, -0.25) is 14.2 Å². The summed E-state index contributed by atoms with van der Waals surface area (Å²) in [6.07, 6.45) is 2.32. The molecule has 0 spiro atoms. The van der Waals surface area contributed by atoms with Gasteiger partial charge in [0.25, 0.3) is 0 Å². The molecule has 1 saturated heterocycles. The largest absolute Gasteiger partial charge is 0.340 e. The number of aromatic nitrogens is 4. The quantitative estimate of drug-likeness (QED) is 0.794. The van der Waals surface area contributed by atoms with Gasteiger partial charge in [-0.2, -0.15) is 10.2 Å². The lowest BCUT2D eigenvalue weighted by atomic mass is 10.2. The van der Waals surface area contributed by atoms with Crippen LogP contribution in [0.3, 0.4) is 0 Å². The van der Waals surface area contributed by atoms with E-state index in [2.05, 4.69) is 10.2 Å². The molecule has 3 rings (SSSR count). The summed E-state index contributed by atoms with van der Waals surface area (Å²) < 4.78 is 26.6.